The van der Waals surface area contributed by atoms with Crippen LogP contribution in [-0.2, 0) is 0 Å². The number of anilines is 1. The largest absolute Gasteiger partial charge is 0.493 e. The Bertz CT molecular complexity index is 408. The van der Waals surface area contributed by atoms with Gasteiger partial charge in [0.15, 0.2) is 0 Å². The van der Waals surface area contributed by atoms with Crippen molar-refractivity contribution in [3.05, 3.63) is 24.3 Å². The van der Waals surface area contributed by atoms with Crippen LogP contribution in [0.1, 0.15) is 39.5 Å². The molecule has 2 N–H and O–H groups in total. The number of benzene rings is 1. The lowest BCUT2D eigenvalue weighted by Gasteiger charge is -2.32. The van der Waals surface area contributed by atoms with Gasteiger partial charge in [-0.25, -0.2) is 0 Å². The van der Waals surface area contributed by atoms with E-state index in [9.17, 15) is 0 Å². The average Bonchev–Trinajstić information content (AvgIpc) is 2.46. The molecule has 1 aliphatic heterocycles. The molecule has 1 heterocycles. The highest BCUT2D eigenvalue weighted by Crippen LogP contribution is 2.24. The summed E-state index contributed by atoms with van der Waals surface area (Å²) in [5.74, 6) is 1.59. The van der Waals surface area contributed by atoms with E-state index >= 15 is 0 Å². The van der Waals surface area contributed by atoms with Gasteiger partial charge in [-0.15, -0.1) is 0 Å². The molecule has 20 heavy (non-hydrogen) atoms. The molecule has 2 unspecified atom stereocenters. The molecule has 0 aliphatic carbocycles. The number of piperidine rings is 1. The minimum absolute atomic E-state index is 0.304. The van der Waals surface area contributed by atoms with Gasteiger partial charge in [0, 0.05) is 30.9 Å². The first-order chi connectivity index (χ1) is 9.69. The van der Waals surface area contributed by atoms with Crippen molar-refractivity contribution in [2.75, 3.05) is 24.6 Å². The number of hydrogen-bond donors (Lipinski definition) is 1. The van der Waals surface area contributed by atoms with Crippen LogP contribution in [0.5, 0.6) is 5.75 Å². The summed E-state index contributed by atoms with van der Waals surface area (Å²) in [6, 6.07) is 8.73. The van der Waals surface area contributed by atoms with Gasteiger partial charge in [0.2, 0.25) is 0 Å². The fourth-order valence-corrected chi connectivity index (χ4v) is 2.83. The number of rotatable bonds is 6. The molecule has 1 aliphatic rings. The highest BCUT2D eigenvalue weighted by atomic mass is 16.5. The Kier molecular flexibility index (Phi) is 5.72. The maximum atomic E-state index is 6.06. The third-order valence-electron chi connectivity index (χ3n) is 3.96. The van der Waals surface area contributed by atoms with Crippen molar-refractivity contribution in [1.29, 1.82) is 0 Å². The third kappa shape index (κ3) is 4.41. The number of ether oxygens (including phenoxy) is 1. The summed E-state index contributed by atoms with van der Waals surface area (Å²) < 4.78 is 5.92. The molecule has 0 radical (unpaired) electrons. The van der Waals surface area contributed by atoms with E-state index in [0.29, 0.717) is 12.0 Å². The molecular weight excluding hydrogens is 248 g/mol. The number of nitrogens with zero attached hydrogens (tertiary/aromatic N) is 1. The zero-order chi connectivity index (χ0) is 14.4. The lowest BCUT2D eigenvalue weighted by atomic mass is 10.1. The van der Waals surface area contributed by atoms with Gasteiger partial charge < -0.3 is 15.4 Å². The maximum Gasteiger partial charge on any atom is 0.121 e. The molecule has 0 aromatic heterocycles. The van der Waals surface area contributed by atoms with E-state index in [4.69, 9.17) is 10.5 Å². The molecule has 3 heteroatoms. The molecule has 0 spiro atoms. The minimum atomic E-state index is 0.304. The first-order valence-electron chi connectivity index (χ1n) is 7.92. The smallest absolute Gasteiger partial charge is 0.121 e. The second kappa shape index (κ2) is 7.53. The first kappa shape index (κ1) is 15.2. The van der Waals surface area contributed by atoms with Crippen LogP contribution in [0.25, 0.3) is 0 Å². The molecule has 1 saturated heterocycles. The normalized spacial score (nSPS) is 20.8. The van der Waals surface area contributed by atoms with Crippen LogP contribution in [0.2, 0.25) is 0 Å². The Hall–Kier alpha value is -1.22. The Morgan fingerprint density at radius 1 is 1.45 bits per heavy atom. The summed E-state index contributed by atoms with van der Waals surface area (Å²) in [6.07, 6.45) is 4.76. The van der Waals surface area contributed by atoms with Gasteiger partial charge in [0.1, 0.15) is 5.75 Å². The topological polar surface area (TPSA) is 38.5 Å². The molecule has 0 saturated carbocycles. The van der Waals surface area contributed by atoms with Crippen molar-refractivity contribution in [3.63, 3.8) is 0 Å². The Balaban J connectivity index is 1.93. The second-order valence-electron chi connectivity index (χ2n) is 6.05. The fraction of sp³-hybridized carbons (Fsp3) is 0.647. The van der Waals surface area contributed by atoms with Crippen LogP contribution in [0.3, 0.4) is 0 Å². The standard InChI is InChI=1S/C17H28N2O/c1-3-6-14(2)13-20-17-9-4-8-16(11-17)19-10-5-7-15(18)12-19/h4,8-9,11,14-15H,3,5-7,10,12-13,18H2,1-2H3. The Morgan fingerprint density at radius 3 is 3.05 bits per heavy atom. The predicted molar refractivity (Wildman–Crippen MR) is 85.4 cm³/mol. The second-order valence-corrected chi connectivity index (χ2v) is 6.05. The monoisotopic (exact) mass is 276 g/mol. The molecule has 3 nitrogen and oxygen atoms in total. The number of nitrogens with two attached hydrogens (primary N) is 1. The molecule has 0 amide bonds. The van der Waals surface area contributed by atoms with E-state index in [2.05, 4.69) is 36.9 Å². The molecule has 2 rings (SSSR count). The van der Waals surface area contributed by atoms with Gasteiger partial charge in [-0.2, -0.15) is 0 Å². The molecular formula is C17H28N2O. The first-order valence-corrected chi connectivity index (χ1v) is 7.92. The lowest BCUT2D eigenvalue weighted by Crippen LogP contribution is -2.42. The van der Waals surface area contributed by atoms with Crippen LogP contribution in [0.4, 0.5) is 5.69 Å². The molecule has 0 bridgehead atoms. The van der Waals surface area contributed by atoms with E-state index in [1.807, 2.05) is 6.07 Å². The zero-order valence-electron chi connectivity index (χ0n) is 12.8. The highest BCUT2D eigenvalue weighted by molar-refractivity contribution is 5.51. The van der Waals surface area contributed by atoms with Gasteiger partial charge in [-0.1, -0.05) is 26.3 Å². The lowest BCUT2D eigenvalue weighted by molar-refractivity contribution is 0.251. The van der Waals surface area contributed by atoms with Gasteiger partial charge in [-0.05, 0) is 37.3 Å². The predicted octanol–water partition coefficient (Wildman–Crippen LogP) is 3.43. The maximum absolute atomic E-state index is 6.06. The van der Waals surface area contributed by atoms with E-state index in [1.54, 1.807) is 0 Å². The van der Waals surface area contributed by atoms with Crippen molar-refractivity contribution in [3.8, 4) is 5.75 Å². The fourth-order valence-electron chi connectivity index (χ4n) is 2.83. The molecule has 1 aromatic rings. The van der Waals surface area contributed by atoms with Crippen LogP contribution in [-0.4, -0.2) is 25.7 Å². The van der Waals surface area contributed by atoms with Crippen LogP contribution in [0, 0.1) is 5.92 Å². The van der Waals surface area contributed by atoms with Crippen molar-refractivity contribution in [1.82, 2.24) is 0 Å². The van der Waals surface area contributed by atoms with E-state index in [1.165, 1.54) is 24.9 Å². The quantitative estimate of drug-likeness (QED) is 0.865. The van der Waals surface area contributed by atoms with Gasteiger partial charge in [-0.3, -0.25) is 0 Å². The Morgan fingerprint density at radius 2 is 2.30 bits per heavy atom. The van der Waals surface area contributed by atoms with Crippen LogP contribution >= 0.6 is 0 Å². The van der Waals surface area contributed by atoms with E-state index < -0.39 is 0 Å². The van der Waals surface area contributed by atoms with Crippen molar-refractivity contribution < 1.29 is 4.74 Å². The third-order valence-corrected chi connectivity index (χ3v) is 3.96. The minimum Gasteiger partial charge on any atom is -0.493 e. The van der Waals surface area contributed by atoms with Crippen molar-refractivity contribution >= 4 is 5.69 Å². The SMILES string of the molecule is CCCC(C)COc1cccc(N2CCCC(N)C2)c1. The summed E-state index contributed by atoms with van der Waals surface area (Å²) in [7, 11) is 0. The zero-order valence-corrected chi connectivity index (χ0v) is 12.8. The molecule has 1 aromatic carbocycles. The summed E-state index contributed by atoms with van der Waals surface area (Å²) in [4.78, 5) is 2.37. The summed E-state index contributed by atoms with van der Waals surface area (Å²) >= 11 is 0. The molecule has 2 atom stereocenters. The Labute approximate surface area is 123 Å². The van der Waals surface area contributed by atoms with Gasteiger partial charge in [0.05, 0.1) is 6.61 Å². The van der Waals surface area contributed by atoms with Crippen LogP contribution in [0.15, 0.2) is 24.3 Å². The summed E-state index contributed by atoms with van der Waals surface area (Å²) in [5, 5.41) is 0. The van der Waals surface area contributed by atoms with E-state index in [-0.39, 0.29) is 0 Å². The van der Waals surface area contributed by atoms with Crippen LogP contribution < -0.4 is 15.4 Å². The highest BCUT2D eigenvalue weighted by Gasteiger charge is 2.17. The summed E-state index contributed by atoms with van der Waals surface area (Å²) in [5.41, 5.74) is 7.30. The summed E-state index contributed by atoms with van der Waals surface area (Å²) in [6.45, 7) is 7.32. The van der Waals surface area contributed by atoms with Gasteiger partial charge >= 0.3 is 0 Å². The molecule has 1 fully saturated rings. The van der Waals surface area contributed by atoms with Crippen molar-refractivity contribution in [2.45, 2.75) is 45.6 Å². The van der Waals surface area contributed by atoms with Crippen molar-refractivity contribution in [2.24, 2.45) is 11.7 Å². The van der Waals surface area contributed by atoms with E-state index in [0.717, 1.165) is 31.9 Å². The van der Waals surface area contributed by atoms with Gasteiger partial charge in [0.25, 0.3) is 0 Å². The number of hydrogen-bond acceptors (Lipinski definition) is 3. The average molecular weight is 276 g/mol. The molecule has 112 valence electrons.